The fourth-order valence-electron chi connectivity index (χ4n) is 2.20. The van der Waals surface area contributed by atoms with Gasteiger partial charge in [0.25, 0.3) is 0 Å². The summed E-state index contributed by atoms with van der Waals surface area (Å²) in [5.74, 6) is 0.119. The van der Waals surface area contributed by atoms with E-state index >= 15 is 0 Å². The molecule has 1 aliphatic heterocycles. The fraction of sp³-hybridized carbons (Fsp3) is 0.500. The second-order valence-electron chi connectivity index (χ2n) is 4.65. The lowest BCUT2D eigenvalue weighted by Gasteiger charge is -2.17. The zero-order valence-corrected chi connectivity index (χ0v) is 11.7. The number of amides is 1. The van der Waals surface area contributed by atoms with Gasteiger partial charge in [0.05, 0.1) is 12.1 Å². The zero-order chi connectivity index (χ0) is 13.0. The molecule has 1 fully saturated rings. The molecule has 18 heavy (non-hydrogen) atoms. The minimum Gasteiger partial charge on any atom is -0.348 e. The topological polar surface area (TPSA) is 41.1 Å². The maximum atomic E-state index is 12.0. The summed E-state index contributed by atoms with van der Waals surface area (Å²) in [6.07, 6.45) is 4.10. The van der Waals surface area contributed by atoms with Crippen LogP contribution in [0, 0.1) is 0 Å². The largest absolute Gasteiger partial charge is 0.348 e. The molecule has 0 aliphatic carbocycles. The maximum Gasteiger partial charge on any atom is 0.237 e. The van der Waals surface area contributed by atoms with E-state index < -0.39 is 0 Å². The lowest BCUT2D eigenvalue weighted by Crippen LogP contribution is -2.41. The first-order valence-corrected chi connectivity index (χ1v) is 7.61. The van der Waals surface area contributed by atoms with E-state index in [1.165, 1.54) is 4.90 Å². The van der Waals surface area contributed by atoms with E-state index in [0.29, 0.717) is 0 Å². The first-order chi connectivity index (χ1) is 8.70. The molecule has 1 heterocycles. The Bertz CT molecular complexity index is 399. The number of nitrogens with one attached hydrogen (secondary N) is 2. The third kappa shape index (κ3) is 3.27. The maximum absolute atomic E-state index is 12.0. The monoisotopic (exact) mass is 264 g/mol. The summed E-state index contributed by atoms with van der Waals surface area (Å²) in [6.45, 7) is 2.98. The van der Waals surface area contributed by atoms with Crippen LogP contribution in [0.25, 0.3) is 0 Å². The predicted molar refractivity (Wildman–Crippen MR) is 75.8 cm³/mol. The lowest BCUT2D eigenvalue weighted by atomic mass is 10.1. The van der Waals surface area contributed by atoms with E-state index in [-0.39, 0.29) is 18.0 Å². The molecule has 0 spiro atoms. The van der Waals surface area contributed by atoms with Gasteiger partial charge >= 0.3 is 0 Å². The molecule has 1 unspecified atom stereocenters. The van der Waals surface area contributed by atoms with Crippen LogP contribution in [0.1, 0.15) is 31.4 Å². The fourth-order valence-corrected chi connectivity index (χ4v) is 2.61. The van der Waals surface area contributed by atoms with Gasteiger partial charge in [-0.2, -0.15) is 0 Å². The third-order valence-corrected chi connectivity index (χ3v) is 4.09. The quantitative estimate of drug-likeness (QED) is 0.820. The van der Waals surface area contributed by atoms with Gasteiger partial charge in [0.2, 0.25) is 5.91 Å². The highest BCUT2D eigenvalue weighted by Crippen LogP contribution is 2.19. The van der Waals surface area contributed by atoms with Crippen LogP contribution in [0.3, 0.4) is 0 Å². The van der Waals surface area contributed by atoms with Crippen LogP contribution in [0.4, 0.5) is 0 Å². The van der Waals surface area contributed by atoms with Crippen molar-refractivity contribution in [1.29, 1.82) is 0 Å². The van der Waals surface area contributed by atoms with Crippen molar-refractivity contribution in [2.75, 3.05) is 12.8 Å². The van der Waals surface area contributed by atoms with E-state index in [2.05, 4.69) is 41.2 Å². The van der Waals surface area contributed by atoms with E-state index in [4.69, 9.17) is 0 Å². The molecule has 1 aromatic rings. The number of carbonyl (C=O) groups excluding carboxylic acids is 1. The van der Waals surface area contributed by atoms with Gasteiger partial charge in [-0.1, -0.05) is 12.1 Å². The number of benzene rings is 1. The summed E-state index contributed by atoms with van der Waals surface area (Å²) < 4.78 is 0. The highest BCUT2D eigenvalue weighted by molar-refractivity contribution is 7.98. The van der Waals surface area contributed by atoms with Crippen molar-refractivity contribution in [2.24, 2.45) is 0 Å². The average molecular weight is 264 g/mol. The van der Waals surface area contributed by atoms with Crippen molar-refractivity contribution in [3.05, 3.63) is 29.8 Å². The first kappa shape index (κ1) is 13.4. The Morgan fingerprint density at radius 3 is 2.72 bits per heavy atom. The molecule has 1 aromatic carbocycles. The van der Waals surface area contributed by atoms with Crippen molar-refractivity contribution >= 4 is 17.7 Å². The molecular formula is C14H20N2OS. The lowest BCUT2D eigenvalue weighted by molar-refractivity contribution is -0.123. The molecule has 4 heteroatoms. The normalized spacial score (nSPS) is 20.7. The highest BCUT2D eigenvalue weighted by atomic mass is 32.2. The number of thioether (sulfide) groups is 1. The average Bonchev–Trinajstić information content (AvgIpc) is 2.92. The summed E-state index contributed by atoms with van der Waals surface area (Å²) in [6, 6.07) is 8.42. The molecule has 2 N–H and O–H groups in total. The van der Waals surface area contributed by atoms with Crippen LogP contribution in [-0.2, 0) is 4.79 Å². The standard InChI is InChI=1S/C14H20N2OS/c1-10(11-5-7-12(18-2)8-6-11)16-14(17)13-4-3-9-15-13/h5-8,10,13,15H,3-4,9H2,1-2H3,(H,16,17)/t10?,13-/m1/s1. The summed E-state index contributed by atoms with van der Waals surface area (Å²) >= 11 is 1.73. The number of hydrogen-bond donors (Lipinski definition) is 2. The zero-order valence-electron chi connectivity index (χ0n) is 10.9. The highest BCUT2D eigenvalue weighted by Gasteiger charge is 2.23. The SMILES string of the molecule is CSc1ccc(C(C)NC(=O)[C@H]2CCCN2)cc1. The van der Waals surface area contributed by atoms with E-state index in [1.807, 2.05) is 6.92 Å². The van der Waals surface area contributed by atoms with Gasteiger partial charge in [-0.25, -0.2) is 0 Å². The summed E-state index contributed by atoms with van der Waals surface area (Å²) in [5, 5.41) is 6.28. The Morgan fingerprint density at radius 1 is 1.44 bits per heavy atom. The Hall–Kier alpha value is -1.00. The minimum atomic E-state index is -0.00193. The van der Waals surface area contributed by atoms with Gasteiger partial charge in [-0.3, -0.25) is 4.79 Å². The van der Waals surface area contributed by atoms with Crippen LogP contribution >= 0.6 is 11.8 Å². The van der Waals surface area contributed by atoms with E-state index in [1.54, 1.807) is 11.8 Å². The smallest absolute Gasteiger partial charge is 0.237 e. The predicted octanol–water partition coefficient (Wildman–Crippen LogP) is 2.34. The Labute approximate surface area is 113 Å². The summed E-state index contributed by atoms with van der Waals surface area (Å²) in [5.41, 5.74) is 1.15. The van der Waals surface area contributed by atoms with Gasteiger partial charge in [0.1, 0.15) is 0 Å². The van der Waals surface area contributed by atoms with E-state index in [0.717, 1.165) is 24.9 Å². The molecule has 0 saturated carbocycles. The molecule has 2 atom stereocenters. The van der Waals surface area contributed by atoms with Crippen LogP contribution in [-0.4, -0.2) is 24.7 Å². The summed E-state index contributed by atoms with van der Waals surface area (Å²) in [7, 11) is 0. The molecular weight excluding hydrogens is 244 g/mol. The Balaban J connectivity index is 1.93. The van der Waals surface area contributed by atoms with E-state index in [9.17, 15) is 4.79 Å². The first-order valence-electron chi connectivity index (χ1n) is 6.38. The van der Waals surface area contributed by atoms with Gasteiger partial charge in [-0.15, -0.1) is 11.8 Å². The summed E-state index contributed by atoms with van der Waals surface area (Å²) in [4.78, 5) is 13.2. The van der Waals surface area contributed by atoms with Crippen molar-refractivity contribution < 1.29 is 4.79 Å². The van der Waals surface area contributed by atoms with Gasteiger partial charge in [-0.05, 0) is 50.3 Å². The Kier molecular flexibility index (Phi) is 4.66. The van der Waals surface area contributed by atoms with Crippen LogP contribution in [0.15, 0.2) is 29.2 Å². The van der Waals surface area contributed by atoms with Gasteiger partial charge in [0.15, 0.2) is 0 Å². The molecule has 3 nitrogen and oxygen atoms in total. The number of hydrogen-bond acceptors (Lipinski definition) is 3. The molecule has 0 radical (unpaired) electrons. The second-order valence-corrected chi connectivity index (χ2v) is 5.53. The molecule has 0 aromatic heterocycles. The molecule has 2 rings (SSSR count). The molecule has 0 bridgehead atoms. The van der Waals surface area contributed by atoms with Crippen LogP contribution < -0.4 is 10.6 Å². The van der Waals surface area contributed by atoms with Crippen molar-refractivity contribution in [3.63, 3.8) is 0 Å². The molecule has 1 saturated heterocycles. The minimum absolute atomic E-state index is 0.00193. The van der Waals surface area contributed by atoms with Crippen molar-refractivity contribution in [3.8, 4) is 0 Å². The number of rotatable bonds is 4. The van der Waals surface area contributed by atoms with Crippen molar-refractivity contribution in [1.82, 2.24) is 10.6 Å². The second kappa shape index (κ2) is 6.25. The molecule has 1 aliphatic rings. The van der Waals surface area contributed by atoms with Gasteiger partial charge < -0.3 is 10.6 Å². The Morgan fingerprint density at radius 2 is 2.17 bits per heavy atom. The molecule has 1 amide bonds. The van der Waals surface area contributed by atoms with Crippen LogP contribution in [0.5, 0.6) is 0 Å². The third-order valence-electron chi connectivity index (χ3n) is 3.35. The van der Waals surface area contributed by atoms with Crippen molar-refractivity contribution in [2.45, 2.75) is 36.7 Å². The van der Waals surface area contributed by atoms with Crippen LogP contribution in [0.2, 0.25) is 0 Å². The van der Waals surface area contributed by atoms with Gasteiger partial charge in [0, 0.05) is 4.90 Å². The number of carbonyl (C=O) groups is 1. The molecule has 98 valence electrons.